The number of carbonyl (C=O) groups is 7. The minimum atomic E-state index is -1.81. The van der Waals surface area contributed by atoms with Gasteiger partial charge in [-0.2, -0.15) is 0 Å². The molecule has 1 amide bonds. The number of amides is 1. The molecule has 0 radical (unpaired) electrons. The molecule has 17 nitrogen and oxygen atoms in total. The van der Waals surface area contributed by atoms with E-state index in [-0.39, 0.29) is 12.8 Å². The zero-order valence-corrected chi connectivity index (χ0v) is 45.7. The SMILES string of the molecule is CCCCCCCCCCCCCCCCCC(OC(C)=O)C(=O)NC(COC1OC(COC(C)=O)C(OC(C)=O)C(OC(C)=O)C1O)C(OC(C)=O)C(CCCCCCCCCCCCCC)OC(C)=O. The Morgan fingerprint density at radius 3 is 1.29 bits per heavy atom. The maximum Gasteiger partial charge on any atom is 0.303 e. The third kappa shape index (κ3) is 32.4. The van der Waals surface area contributed by atoms with Crippen LogP contribution in [0.25, 0.3) is 0 Å². The molecule has 0 saturated carbocycles. The fraction of sp³-hybridized carbons (Fsp3) is 0.873. The molecule has 418 valence electrons. The van der Waals surface area contributed by atoms with Gasteiger partial charge in [0.1, 0.15) is 24.9 Å². The van der Waals surface area contributed by atoms with Crippen molar-refractivity contribution in [2.24, 2.45) is 0 Å². The normalized spacial score (nSPS) is 19.3. The van der Waals surface area contributed by atoms with Gasteiger partial charge in [0.15, 0.2) is 30.7 Å². The Bertz CT molecular complexity index is 1510. The largest absolute Gasteiger partial charge is 0.463 e. The van der Waals surface area contributed by atoms with E-state index in [9.17, 15) is 38.7 Å². The van der Waals surface area contributed by atoms with Crippen LogP contribution < -0.4 is 5.32 Å². The second kappa shape index (κ2) is 41.5. The second-order valence-corrected chi connectivity index (χ2v) is 19.7. The minimum absolute atomic E-state index is 0.200. The van der Waals surface area contributed by atoms with Crippen molar-refractivity contribution in [1.29, 1.82) is 0 Å². The summed E-state index contributed by atoms with van der Waals surface area (Å²) in [5, 5.41) is 14.4. The number of unbranched alkanes of at least 4 members (excludes halogenated alkanes) is 25. The summed E-state index contributed by atoms with van der Waals surface area (Å²) in [4.78, 5) is 88.6. The number of aliphatic hydroxyl groups is 1. The highest BCUT2D eigenvalue weighted by Gasteiger charge is 2.51. The lowest BCUT2D eigenvalue weighted by atomic mass is 9.97. The van der Waals surface area contributed by atoms with E-state index < -0.39 is 110 Å². The van der Waals surface area contributed by atoms with Gasteiger partial charge in [-0.3, -0.25) is 33.6 Å². The van der Waals surface area contributed by atoms with E-state index in [2.05, 4.69) is 19.2 Å². The van der Waals surface area contributed by atoms with Crippen molar-refractivity contribution < 1.29 is 76.6 Å². The zero-order valence-electron chi connectivity index (χ0n) is 45.7. The highest BCUT2D eigenvalue weighted by atomic mass is 16.7. The third-order valence-electron chi connectivity index (χ3n) is 12.8. The van der Waals surface area contributed by atoms with E-state index in [0.29, 0.717) is 12.8 Å². The van der Waals surface area contributed by atoms with Crippen molar-refractivity contribution >= 4 is 41.7 Å². The Hall–Kier alpha value is -3.83. The molecule has 1 heterocycles. The molecule has 1 rings (SSSR count). The van der Waals surface area contributed by atoms with Crippen LogP contribution in [0.4, 0.5) is 0 Å². The van der Waals surface area contributed by atoms with E-state index in [1.807, 2.05) is 0 Å². The molecule has 0 aromatic carbocycles. The first kappa shape index (κ1) is 66.2. The van der Waals surface area contributed by atoms with Gasteiger partial charge >= 0.3 is 35.8 Å². The molecule has 0 spiro atoms. The predicted octanol–water partition coefficient (Wildman–Crippen LogP) is 10.1. The summed E-state index contributed by atoms with van der Waals surface area (Å²) in [6.45, 7) is 10.3. The summed E-state index contributed by atoms with van der Waals surface area (Å²) >= 11 is 0. The van der Waals surface area contributed by atoms with E-state index in [1.54, 1.807) is 0 Å². The fourth-order valence-electron chi connectivity index (χ4n) is 9.16. The van der Waals surface area contributed by atoms with Gasteiger partial charge in [0.05, 0.1) is 12.6 Å². The number of rotatable bonds is 43. The highest BCUT2D eigenvalue weighted by molar-refractivity contribution is 5.83. The molecule has 0 bridgehead atoms. The van der Waals surface area contributed by atoms with Crippen molar-refractivity contribution in [3.8, 4) is 0 Å². The standard InChI is InChI=1S/C55H97NO16/c1-9-11-13-15-17-19-21-23-24-25-27-29-31-33-35-37-48(68-42(5)59)54(64)56-46(38-66-55-50(63)53(71-45(8)62)52(70-44(7)61)49(72-55)39-65-40(3)57)51(69-43(6)60)47(67-41(4)58)36-34-32-30-28-26-22-20-18-16-14-12-10-2/h46-53,55,63H,9-39H2,1-8H3,(H,56,64). The smallest absolute Gasteiger partial charge is 0.303 e. The zero-order chi connectivity index (χ0) is 53.5. The Labute approximate surface area is 432 Å². The number of nitrogens with one attached hydrogen (secondary N) is 1. The van der Waals surface area contributed by atoms with Crippen LogP contribution in [0.2, 0.25) is 0 Å². The molecule has 9 atom stereocenters. The van der Waals surface area contributed by atoms with Gasteiger partial charge in [-0.25, -0.2) is 0 Å². The van der Waals surface area contributed by atoms with Gasteiger partial charge in [-0.05, 0) is 25.7 Å². The quantitative estimate of drug-likeness (QED) is 0.0329. The molecule has 1 aliphatic heterocycles. The molecule has 17 heteroatoms. The number of esters is 6. The number of ether oxygens (including phenoxy) is 8. The van der Waals surface area contributed by atoms with E-state index in [0.717, 1.165) is 72.1 Å². The Morgan fingerprint density at radius 1 is 0.486 bits per heavy atom. The van der Waals surface area contributed by atoms with Gasteiger partial charge in [0.2, 0.25) is 0 Å². The molecular formula is C55H97NO16. The fourth-order valence-corrected chi connectivity index (χ4v) is 9.16. The Kier molecular flexibility index (Phi) is 38.2. The summed E-state index contributed by atoms with van der Waals surface area (Å²) in [5.41, 5.74) is 0. The van der Waals surface area contributed by atoms with Crippen molar-refractivity contribution in [3.05, 3.63) is 0 Å². The molecule has 2 N–H and O–H groups in total. The Balaban J connectivity index is 3.32. The minimum Gasteiger partial charge on any atom is -0.463 e. The van der Waals surface area contributed by atoms with E-state index in [4.69, 9.17) is 37.9 Å². The van der Waals surface area contributed by atoms with Crippen molar-refractivity contribution in [1.82, 2.24) is 5.32 Å². The van der Waals surface area contributed by atoms with Crippen LogP contribution in [0, 0.1) is 0 Å². The summed E-state index contributed by atoms with van der Waals surface area (Å²) in [6, 6.07) is -1.32. The van der Waals surface area contributed by atoms with Crippen LogP contribution in [-0.4, -0.2) is 115 Å². The van der Waals surface area contributed by atoms with Gasteiger partial charge in [0.25, 0.3) is 5.91 Å². The van der Waals surface area contributed by atoms with Crippen LogP contribution in [0.3, 0.4) is 0 Å². The van der Waals surface area contributed by atoms with Crippen molar-refractivity contribution in [2.75, 3.05) is 13.2 Å². The molecular weight excluding hydrogens is 931 g/mol. The maximum atomic E-state index is 14.3. The van der Waals surface area contributed by atoms with Gasteiger partial charge < -0.3 is 48.3 Å². The molecule has 0 aliphatic carbocycles. The number of carbonyl (C=O) groups excluding carboxylic acids is 7. The summed E-state index contributed by atoms with van der Waals surface area (Å²) in [6.07, 6.45) is 19.5. The second-order valence-electron chi connectivity index (χ2n) is 19.7. The average Bonchev–Trinajstić information content (AvgIpc) is 3.31. The first-order valence-electron chi connectivity index (χ1n) is 27.7. The van der Waals surface area contributed by atoms with Crippen LogP contribution in [-0.2, 0) is 71.5 Å². The summed E-state index contributed by atoms with van der Waals surface area (Å²) in [7, 11) is 0. The molecule has 72 heavy (non-hydrogen) atoms. The Morgan fingerprint density at radius 2 is 0.889 bits per heavy atom. The van der Waals surface area contributed by atoms with Gasteiger partial charge in [-0.1, -0.05) is 174 Å². The lowest BCUT2D eigenvalue weighted by molar-refractivity contribution is -0.307. The molecule has 9 unspecified atom stereocenters. The first-order valence-corrected chi connectivity index (χ1v) is 27.7. The predicted molar refractivity (Wildman–Crippen MR) is 272 cm³/mol. The molecule has 0 aromatic heterocycles. The topological polar surface area (TPSA) is 226 Å². The number of aliphatic hydroxyl groups excluding tert-OH is 1. The first-order chi connectivity index (χ1) is 34.5. The van der Waals surface area contributed by atoms with Crippen LogP contribution in [0.1, 0.15) is 242 Å². The molecule has 0 aromatic rings. The highest BCUT2D eigenvalue weighted by Crippen LogP contribution is 2.29. The lowest BCUT2D eigenvalue weighted by Gasteiger charge is -2.43. The van der Waals surface area contributed by atoms with Gasteiger partial charge in [-0.15, -0.1) is 0 Å². The molecule has 1 fully saturated rings. The van der Waals surface area contributed by atoms with E-state index >= 15 is 0 Å². The van der Waals surface area contributed by atoms with Crippen LogP contribution in [0.5, 0.6) is 0 Å². The lowest BCUT2D eigenvalue weighted by Crippen LogP contribution is -2.63. The summed E-state index contributed by atoms with van der Waals surface area (Å²) in [5.74, 6) is -5.15. The average molecular weight is 1030 g/mol. The summed E-state index contributed by atoms with van der Waals surface area (Å²) < 4.78 is 45.4. The molecule has 1 saturated heterocycles. The number of hydrogen-bond donors (Lipinski definition) is 2. The van der Waals surface area contributed by atoms with E-state index in [1.165, 1.54) is 130 Å². The molecule has 1 aliphatic rings. The van der Waals surface area contributed by atoms with Crippen molar-refractivity contribution in [2.45, 2.75) is 297 Å². The van der Waals surface area contributed by atoms with Gasteiger partial charge in [0, 0.05) is 41.5 Å². The van der Waals surface area contributed by atoms with Crippen LogP contribution in [0.15, 0.2) is 0 Å². The third-order valence-corrected chi connectivity index (χ3v) is 12.8. The number of hydrogen-bond acceptors (Lipinski definition) is 16. The van der Waals surface area contributed by atoms with Crippen LogP contribution >= 0.6 is 0 Å². The van der Waals surface area contributed by atoms with Crippen molar-refractivity contribution in [3.63, 3.8) is 0 Å². The monoisotopic (exact) mass is 1030 g/mol. The maximum absolute atomic E-state index is 14.3.